The lowest BCUT2D eigenvalue weighted by molar-refractivity contribution is 0.0698. The monoisotopic (exact) mass is 270 g/mol. The molecule has 0 aliphatic carbocycles. The van der Waals surface area contributed by atoms with Crippen LogP contribution in [0.15, 0.2) is 36.4 Å². The number of carboxylic acids is 1. The van der Waals surface area contributed by atoms with Crippen molar-refractivity contribution in [2.24, 2.45) is 0 Å². The van der Waals surface area contributed by atoms with Crippen molar-refractivity contribution in [1.29, 1.82) is 0 Å². The van der Waals surface area contributed by atoms with Gasteiger partial charge in [0.25, 0.3) is 5.91 Å². The van der Waals surface area contributed by atoms with E-state index < -0.39 is 5.97 Å². The van der Waals surface area contributed by atoms with Crippen LogP contribution in [0.2, 0.25) is 0 Å². The fraction of sp³-hybridized carbons (Fsp3) is 0.133. The molecule has 1 aromatic heterocycles. The molecule has 2 rings (SSSR count). The lowest BCUT2D eigenvalue weighted by atomic mass is 10.1. The molecule has 0 atom stereocenters. The third-order valence-corrected chi connectivity index (χ3v) is 2.88. The molecule has 1 amide bonds. The van der Waals surface area contributed by atoms with Gasteiger partial charge in [0.1, 0.15) is 0 Å². The van der Waals surface area contributed by atoms with Gasteiger partial charge in [-0.05, 0) is 38.1 Å². The van der Waals surface area contributed by atoms with E-state index in [-0.39, 0.29) is 17.2 Å². The molecule has 1 aromatic carbocycles. The molecule has 2 aromatic rings. The number of hydrogen-bond donors (Lipinski definition) is 2. The second-order valence-corrected chi connectivity index (χ2v) is 4.39. The van der Waals surface area contributed by atoms with Gasteiger partial charge in [-0.15, -0.1) is 0 Å². The molecule has 0 spiro atoms. The summed E-state index contributed by atoms with van der Waals surface area (Å²) in [7, 11) is 0. The number of nitrogens with one attached hydrogen (secondary N) is 1. The van der Waals surface area contributed by atoms with Crippen LogP contribution in [0.3, 0.4) is 0 Å². The van der Waals surface area contributed by atoms with E-state index in [1.807, 2.05) is 6.92 Å². The van der Waals surface area contributed by atoms with Crippen molar-refractivity contribution in [3.63, 3.8) is 0 Å². The third-order valence-electron chi connectivity index (χ3n) is 2.88. The van der Waals surface area contributed by atoms with E-state index in [2.05, 4.69) is 10.3 Å². The molecule has 0 aliphatic rings. The van der Waals surface area contributed by atoms with E-state index >= 15 is 0 Å². The van der Waals surface area contributed by atoms with E-state index in [9.17, 15) is 9.59 Å². The fourth-order valence-corrected chi connectivity index (χ4v) is 1.89. The Morgan fingerprint density at radius 3 is 2.40 bits per heavy atom. The van der Waals surface area contributed by atoms with Crippen molar-refractivity contribution >= 4 is 17.6 Å². The highest BCUT2D eigenvalue weighted by Crippen LogP contribution is 2.17. The highest BCUT2D eigenvalue weighted by molar-refractivity contribution is 6.08. The van der Waals surface area contributed by atoms with Crippen LogP contribution < -0.4 is 5.32 Å². The van der Waals surface area contributed by atoms with Crippen molar-refractivity contribution in [2.45, 2.75) is 13.8 Å². The van der Waals surface area contributed by atoms with Crippen LogP contribution in [0, 0.1) is 13.8 Å². The van der Waals surface area contributed by atoms with E-state index in [1.165, 1.54) is 6.07 Å². The quantitative estimate of drug-likeness (QED) is 0.898. The van der Waals surface area contributed by atoms with Gasteiger partial charge in [-0.3, -0.25) is 9.78 Å². The van der Waals surface area contributed by atoms with E-state index in [0.717, 1.165) is 5.69 Å². The van der Waals surface area contributed by atoms with Gasteiger partial charge in [0.2, 0.25) is 0 Å². The van der Waals surface area contributed by atoms with Crippen LogP contribution in [0.1, 0.15) is 32.1 Å². The fourth-order valence-electron chi connectivity index (χ4n) is 1.89. The summed E-state index contributed by atoms with van der Waals surface area (Å²) in [4.78, 5) is 27.5. The SMILES string of the molecule is Cc1ccc(C(=O)Nc2ccccc2C(=O)O)c(C)n1. The summed E-state index contributed by atoms with van der Waals surface area (Å²) in [5, 5.41) is 11.7. The normalized spacial score (nSPS) is 10.1. The largest absolute Gasteiger partial charge is 0.478 e. The summed E-state index contributed by atoms with van der Waals surface area (Å²) < 4.78 is 0. The van der Waals surface area contributed by atoms with Crippen LogP contribution in [-0.4, -0.2) is 22.0 Å². The Kier molecular flexibility index (Phi) is 3.79. The number of para-hydroxylation sites is 1. The number of pyridine rings is 1. The summed E-state index contributed by atoms with van der Waals surface area (Å²) in [5.41, 5.74) is 2.18. The van der Waals surface area contributed by atoms with E-state index in [1.54, 1.807) is 37.3 Å². The first kappa shape index (κ1) is 13.7. The molecule has 2 N–H and O–H groups in total. The predicted molar refractivity (Wildman–Crippen MR) is 75.1 cm³/mol. The number of aromatic carboxylic acids is 1. The number of aromatic nitrogens is 1. The number of anilines is 1. The lowest BCUT2D eigenvalue weighted by Crippen LogP contribution is -2.16. The Hall–Kier alpha value is -2.69. The van der Waals surface area contributed by atoms with Crippen molar-refractivity contribution in [2.75, 3.05) is 5.32 Å². The van der Waals surface area contributed by atoms with Crippen LogP contribution >= 0.6 is 0 Å². The minimum Gasteiger partial charge on any atom is -0.478 e. The molecule has 1 heterocycles. The molecule has 0 saturated carbocycles. The van der Waals surface area contributed by atoms with Crippen molar-refractivity contribution in [1.82, 2.24) is 4.98 Å². The average Bonchev–Trinajstić information content (AvgIpc) is 2.38. The molecule has 20 heavy (non-hydrogen) atoms. The maximum atomic E-state index is 12.2. The molecule has 5 heteroatoms. The lowest BCUT2D eigenvalue weighted by Gasteiger charge is -2.09. The second kappa shape index (κ2) is 5.52. The molecular formula is C15H14N2O3. The predicted octanol–water partition coefficient (Wildman–Crippen LogP) is 2.65. The van der Waals surface area contributed by atoms with Crippen molar-refractivity contribution < 1.29 is 14.7 Å². The minimum atomic E-state index is -1.08. The van der Waals surface area contributed by atoms with Gasteiger partial charge in [0.05, 0.1) is 22.5 Å². The standard InChI is InChI=1S/C15H14N2O3/c1-9-7-8-11(10(2)16-9)14(18)17-13-6-4-3-5-12(13)15(19)20/h3-8H,1-2H3,(H,17,18)(H,19,20). The van der Waals surface area contributed by atoms with Crippen LogP contribution in [0.25, 0.3) is 0 Å². The van der Waals surface area contributed by atoms with Crippen LogP contribution in [0.5, 0.6) is 0 Å². The van der Waals surface area contributed by atoms with Crippen LogP contribution in [-0.2, 0) is 0 Å². The first-order valence-corrected chi connectivity index (χ1v) is 6.07. The minimum absolute atomic E-state index is 0.0542. The number of benzene rings is 1. The highest BCUT2D eigenvalue weighted by atomic mass is 16.4. The molecule has 0 aliphatic heterocycles. The zero-order valence-corrected chi connectivity index (χ0v) is 11.2. The maximum Gasteiger partial charge on any atom is 0.337 e. The molecule has 0 bridgehead atoms. The Labute approximate surface area is 116 Å². The molecule has 0 fully saturated rings. The number of rotatable bonds is 3. The van der Waals surface area contributed by atoms with Gasteiger partial charge in [0, 0.05) is 5.69 Å². The summed E-state index contributed by atoms with van der Waals surface area (Å²) >= 11 is 0. The number of carbonyl (C=O) groups is 2. The summed E-state index contributed by atoms with van der Waals surface area (Å²) in [5.74, 6) is -1.46. The van der Waals surface area contributed by atoms with Crippen LogP contribution in [0.4, 0.5) is 5.69 Å². The molecule has 5 nitrogen and oxygen atoms in total. The third kappa shape index (κ3) is 2.83. The highest BCUT2D eigenvalue weighted by Gasteiger charge is 2.14. The van der Waals surface area contributed by atoms with E-state index in [4.69, 9.17) is 5.11 Å². The Balaban J connectivity index is 2.30. The molecular weight excluding hydrogens is 256 g/mol. The molecule has 0 unspecified atom stereocenters. The zero-order chi connectivity index (χ0) is 14.7. The Bertz CT molecular complexity index is 681. The number of carboxylic acid groups (broad SMARTS) is 1. The van der Waals surface area contributed by atoms with Crippen molar-refractivity contribution in [3.8, 4) is 0 Å². The summed E-state index contributed by atoms with van der Waals surface area (Å²) in [6.45, 7) is 3.58. The van der Waals surface area contributed by atoms with Gasteiger partial charge in [-0.2, -0.15) is 0 Å². The van der Waals surface area contributed by atoms with Gasteiger partial charge in [-0.25, -0.2) is 4.79 Å². The zero-order valence-electron chi connectivity index (χ0n) is 11.2. The van der Waals surface area contributed by atoms with Gasteiger partial charge >= 0.3 is 5.97 Å². The summed E-state index contributed by atoms with van der Waals surface area (Å²) in [6, 6.07) is 9.69. The Morgan fingerprint density at radius 1 is 1.05 bits per heavy atom. The second-order valence-electron chi connectivity index (χ2n) is 4.39. The number of amides is 1. The van der Waals surface area contributed by atoms with Gasteiger partial charge in [0.15, 0.2) is 0 Å². The number of carbonyl (C=O) groups excluding carboxylic acids is 1. The van der Waals surface area contributed by atoms with Crippen molar-refractivity contribution in [3.05, 3.63) is 58.9 Å². The smallest absolute Gasteiger partial charge is 0.337 e. The molecule has 102 valence electrons. The van der Waals surface area contributed by atoms with E-state index in [0.29, 0.717) is 11.3 Å². The summed E-state index contributed by atoms with van der Waals surface area (Å²) in [6.07, 6.45) is 0. The maximum absolute atomic E-state index is 12.2. The Morgan fingerprint density at radius 2 is 1.75 bits per heavy atom. The first-order chi connectivity index (χ1) is 9.49. The van der Waals surface area contributed by atoms with Gasteiger partial charge < -0.3 is 10.4 Å². The number of nitrogens with zero attached hydrogens (tertiary/aromatic N) is 1. The first-order valence-electron chi connectivity index (χ1n) is 6.07. The average molecular weight is 270 g/mol. The molecule has 0 saturated heterocycles. The van der Waals surface area contributed by atoms with Gasteiger partial charge in [-0.1, -0.05) is 12.1 Å². The molecule has 0 radical (unpaired) electrons. The number of hydrogen-bond acceptors (Lipinski definition) is 3. The number of aryl methyl sites for hydroxylation is 2. The topological polar surface area (TPSA) is 79.3 Å².